The van der Waals surface area contributed by atoms with E-state index < -0.39 is 6.03 Å². The lowest BCUT2D eigenvalue weighted by Gasteiger charge is -2.26. The Hall–Kier alpha value is -2.24. The highest BCUT2D eigenvalue weighted by atomic mass is 16.5. The molecule has 2 rings (SSSR count). The minimum Gasteiger partial charge on any atom is -0.482 e. The van der Waals surface area contributed by atoms with E-state index in [1.807, 2.05) is 12.1 Å². The highest BCUT2D eigenvalue weighted by Crippen LogP contribution is 2.32. The third kappa shape index (κ3) is 2.22. The van der Waals surface area contributed by atoms with E-state index in [9.17, 15) is 9.59 Å². The molecule has 0 unspecified atom stereocenters. The van der Waals surface area contributed by atoms with Gasteiger partial charge in [0.25, 0.3) is 5.91 Å². The highest BCUT2D eigenvalue weighted by molar-refractivity contribution is 5.97. The zero-order valence-corrected chi connectivity index (χ0v) is 10.3. The lowest BCUT2D eigenvalue weighted by Crippen LogP contribution is -2.35. The van der Waals surface area contributed by atoms with Gasteiger partial charge in [-0.25, -0.2) is 4.79 Å². The summed E-state index contributed by atoms with van der Waals surface area (Å²) >= 11 is 0. The molecule has 6 nitrogen and oxygen atoms in total. The van der Waals surface area contributed by atoms with Crippen LogP contribution in [0.3, 0.4) is 0 Å². The summed E-state index contributed by atoms with van der Waals surface area (Å²) in [6, 6.07) is 4.98. The lowest BCUT2D eigenvalue weighted by atomic mass is 10.1. The summed E-state index contributed by atoms with van der Waals surface area (Å²) in [5.41, 5.74) is 6.77. The number of fused-ring (bicyclic) bond motifs is 1. The van der Waals surface area contributed by atoms with Crippen LogP contribution < -0.4 is 15.4 Å². The number of nitrogens with two attached hydrogens (primary N) is 1. The van der Waals surface area contributed by atoms with Crippen molar-refractivity contribution >= 4 is 17.6 Å². The van der Waals surface area contributed by atoms with Gasteiger partial charge in [-0.15, -0.1) is 0 Å². The van der Waals surface area contributed by atoms with Crippen molar-refractivity contribution in [3.63, 3.8) is 0 Å². The van der Waals surface area contributed by atoms with Gasteiger partial charge in [0, 0.05) is 20.6 Å². The van der Waals surface area contributed by atoms with Gasteiger partial charge < -0.3 is 20.3 Å². The number of carbonyl (C=O) groups excluding carboxylic acids is 2. The molecular weight excluding hydrogens is 234 g/mol. The molecule has 0 aliphatic carbocycles. The molecule has 1 aromatic rings. The molecule has 0 atom stereocenters. The van der Waals surface area contributed by atoms with Crippen molar-refractivity contribution < 1.29 is 14.3 Å². The zero-order valence-electron chi connectivity index (χ0n) is 10.3. The van der Waals surface area contributed by atoms with Crippen molar-refractivity contribution in [2.24, 2.45) is 5.73 Å². The van der Waals surface area contributed by atoms with E-state index in [2.05, 4.69) is 0 Å². The van der Waals surface area contributed by atoms with Gasteiger partial charge in [0.1, 0.15) is 5.75 Å². The molecule has 0 spiro atoms. The third-order valence-electron chi connectivity index (χ3n) is 2.91. The number of likely N-dealkylation sites (N-methyl/N-ethyl adjacent to an activating group) is 1. The number of primary amides is 1. The fraction of sp³-hybridized carbons (Fsp3) is 0.333. The molecule has 1 aliphatic heterocycles. The van der Waals surface area contributed by atoms with Crippen LogP contribution in [0.25, 0.3) is 0 Å². The van der Waals surface area contributed by atoms with Gasteiger partial charge in [-0.2, -0.15) is 0 Å². The van der Waals surface area contributed by atoms with E-state index in [0.29, 0.717) is 18.0 Å². The van der Waals surface area contributed by atoms with Crippen LogP contribution in [0.15, 0.2) is 18.2 Å². The summed E-state index contributed by atoms with van der Waals surface area (Å²) in [5, 5.41) is 0. The second-order valence-electron chi connectivity index (χ2n) is 4.24. The molecule has 18 heavy (non-hydrogen) atoms. The Labute approximate surface area is 105 Å². The normalized spacial score (nSPS) is 13.9. The molecule has 0 fully saturated rings. The smallest absolute Gasteiger partial charge is 0.314 e. The van der Waals surface area contributed by atoms with Crippen LogP contribution in [-0.2, 0) is 11.3 Å². The molecule has 6 heteroatoms. The number of carbonyl (C=O) groups is 2. The number of urea groups is 1. The Morgan fingerprint density at radius 1 is 1.56 bits per heavy atom. The standard InChI is InChI=1S/C12H15N3O3/c1-14(12(13)17)6-8-3-4-10-9(5-8)15(2)11(16)7-18-10/h3-5H,6-7H2,1-2H3,(H2,13,17). The van der Waals surface area contributed by atoms with Crippen molar-refractivity contribution in [1.29, 1.82) is 0 Å². The number of hydrogen-bond acceptors (Lipinski definition) is 3. The molecule has 0 aromatic heterocycles. The van der Waals surface area contributed by atoms with Gasteiger partial charge in [-0.05, 0) is 17.7 Å². The highest BCUT2D eigenvalue weighted by Gasteiger charge is 2.22. The Morgan fingerprint density at radius 2 is 2.28 bits per heavy atom. The summed E-state index contributed by atoms with van der Waals surface area (Å²) in [5.74, 6) is 0.575. The Kier molecular flexibility index (Phi) is 3.10. The predicted octanol–water partition coefficient (Wildman–Crippen LogP) is 0.552. The third-order valence-corrected chi connectivity index (χ3v) is 2.91. The number of anilines is 1. The zero-order chi connectivity index (χ0) is 13.3. The maximum absolute atomic E-state index is 11.5. The molecule has 0 bridgehead atoms. The van der Waals surface area contributed by atoms with Crippen molar-refractivity contribution in [2.45, 2.75) is 6.54 Å². The fourth-order valence-electron chi connectivity index (χ4n) is 1.77. The maximum Gasteiger partial charge on any atom is 0.314 e. The van der Waals surface area contributed by atoms with Gasteiger partial charge >= 0.3 is 6.03 Å². The second-order valence-corrected chi connectivity index (χ2v) is 4.24. The van der Waals surface area contributed by atoms with Gasteiger partial charge in [-0.1, -0.05) is 6.07 Å². The van der Waals surface area contributed by atoms with Gasteiger partial charge in [0.05, 0.1) is 5.69 Å². The van der Waals surface area contributed by atoms with Gasteiger partial charge in [0.2, 0.25) is 0 Å². The number of ether oxygens (including phenoxy) is 1. The number of rotatable bonds is 2. The molecule has 0 radical (unpaired) electrons. The summed E-state index contributed by atoms with van der Waals surface area (Å²) in [7, 11) is 3.32. The van der Waals surface area contributed by atoms with E-state index >= 15 is 0 Å². The van der Waals surface area contributed by atoms with Crippen molar-refractivity contribution in [3.8, 4) is 5.75 Å². The SMILES string of the molecule is CN(Cc1ccc2c(c1)N(C)C(=O)CO2)C(N)=O. The molecule has 96 valence electrons. The molecule has 0 saturated carbocycles. The first kappa shape index (κ1) is 12.2. The van der Waals surface area contributed by atoms with Crippen LogP contribution in [0.1, 0.15) is 5.56 Å². The minimum atomic E-state index is -0.492. The van der Waals surface area contributed by atoms with E-state index in [0.717, 1.165) is 5.56 Å². The predicted molar refractivity (Wildman–Crippen MR) is 66.4 cm³/mol. The first-order valence-electron chi connectivity index (χ1n) is 5.52. The lowest BCUT2D eigenvalue weighted by molar-refractivity contribution is -0.120. The van der Waals surface area contributed by atoms with Gasteiger partial charge in [0.15, 0.2) is 6.61 Å². The second kappa shape index (κ2) is 4.56. The van der Waals surface area contributed by atoms with E-state index in [1.54, 1.807) is 25.1 Å². The van der Waals surface area contributed by atoms with Crippen molar-refractivity contribution in [1.82, 2.24) is 4.90 Å². The minimum absolute atomic E-state index is 0.0596. The quantitative estimate of drug-likeness (QED) is 0.831. The van der Waals surface area contributed by atoms with Gasteiger partial charge in [-0.3, -0.25) is 4.79 Å². The van der Waals surface area contributed by atoms with Crippen LogP contribution in [-0.4, -0.2) is 37.5 Å². The van der Waals surface area contributed by atoms with Crippen LogP contribution in [0, 0.1) is 0 Å². The Bertz CT molecular complexity index is 501. The van der Waals surface area contributed by atoms with E-state index in [4.69, 9.17) is 10.5 Å². The summed E-state index contributed by atoms with van der Waals surface area (Å²) < 4.78 is 5.32. The summed E-state index contributed by atoms with van der Waals surface area (Å²) in [4.78, 5) is 25.4. The van der Waals surface area contributed by atoms with Crippen molar-refractivity contribution in [3.05, 3.63) is 23.8 Å². The molecule has 2 N–H and O–H groups in total. The van der Waals surface area contributed by atoms with Crippen LogP contribution in [0.4, 0.5) is 10.5 Å². The van der Waals surface area contributed by atoms with E-state index in [1.165, 1.54) is 4.90 Å². The largest absolute Gasteiger partial charge is 0.482 e. The number of hydrogen-bond donors (Lipinski definition) is 1. The molecule has 1 aliphatic rings. The average Bonchev–Trinajstić information content (AvgIpc) is 2.34. The van der Waals surface area contributed by atoms with Crippen LogP contribution in [0.2, 0.25) is 0 Å². The van der Waals surface area contributed by atoms with Crippen LogP contribution in [0.5, 0.6) is 5.75 Å². The summed E-state index contributed by atoms with van der Waals surface area (Å²) in [6.45, 7) is 0.453. The fourth-order valence-corrected chi connectivity index (χ4v) is 1.77. The number of amides is 3. The molecule has 1 aromatic carbocycles. The summed E-state index contributed by atoms with van der Waals surface area (Å²) in [6.07, 6.45) is 0. The van der Waals surface area contributed by atoms with Crippen molar-refractivity contribution in [2.75, 3.05) is 25.6 Å². The molecule has 0 saturated heterocycles. The molecular formula is C12H15N3O3. The monoisotopic (exact) mass is 249 g/mol. The molecule has 1 heterocycles. The maximum atomic E-state index is 11.5. The first-order valence-corrected chi connectivity index (χ1v) is 5.52. The number of nitrogens with zero attached hydrogens (tertiary/aromatic N) is 2. The Morgan fingerprint density at radius 3 is 2.94 bits per heavy atom. The molecule has 3 amide bonds. The van der Waals surface area contributed by atoms with E-state index in [-0.39, 0.29) is 12.5 Å². The topological polar surface area (TPSA) is 75.9 Å². The Balaban J connectivity index is 2.26. The first-order chi connectivity index (χ1) is 8.49. The number of benzene rings is 1. The average molecular weight is 249 g/mol. The van der Waals surface area contributed by atoms with Crippen LogP contribution >= 0.6 is 0 Å².